The van der Waals surface area contributed by atoms with E-state index in [9.17, 15) is 9.59 Å². The van der Waals surface area contributed by atoms with E-state index in [4.69, 9.17) is 0 Å². The highest BCUT2D eigenvalue weighted by molar-refractivity contribution is 14.1. The Hall–Kier alpha value is -0.230. The van der Waals surface area contributed by atoms with Crippen LogP contribution in [0.25, 0.3) is 0 Å². The minimum atomic E-state index is -0.170. The van der Waals surface area contributed by atoms with Crippen molar-refractivity contribution in [3.8, 4) is 0 Å². The highest BCUT2D eigenvalue weighted by Gasteiger charge is 2.65. The second kappa shape index (κ2) is 17.3. The number of carbonyl (C=O) groups is 2. The number of halogens is 1. The first kappa shape index (κ1) is 38.8. The Bertz CT molecular complexity index is 820. The van der Waals surface area contributed by atoms with Crippen LogP contribution >= 0.6 is 22.6 Å². The summed E-state index contributed by atoms with van der Waals surface area (Å²) in [4.78, 5) is 25.0. The molecular formula is C37H68INO2. The molecular weight excluding hydrogens is 617 g/mol. The molecule has 0 aromatic rings. The quantitative estimate of drug-likeness (QED) is 0.0954. The Kier molecular flexibility index (Phi) is 16.4. The average molecular weight is 686 g/mol. The number of ketones is 1. The number of Topliss-reactive ketones (excluding diaryl/α,β-unsaturated/α-hetero) is 1. The predicted octanol–water partition coefficient (Wildman–Crippen LogP) is 10.4. The van der Waals surface area contributed by atoms with Crippen molar-refractivity contribution >= 4 is 34.7 Å². The fourth-order valence-corrected chi connectivity index (χ4v) is 10.8. The zero-order valence-electron chi connectivity index (χ0n) is 29.0. The molecule has 0 bridgehead atoms. The Balaban J connectivity index is 0.000000737. The molecule has 0 saturated heterocycles. The lowest BCUT2D eigenvalue weighted by atomic mass is 9.36. The molecule has 0 amide bonds. The van der Waals surface area contributed by atoms with Crippen LogP contribution in [0.5, 0.6) is 0 Å². The van der Waals surface area contributed by atoms with E-state index in [1.165, 1.54) is 54.8 Å². The molecule has 41 heavy (non-hydrogen) atoms. The topological polar surface area (TPSA) is 46.2 Å². The fraction of sp³-hybridized carbons (Fsp3) is 0.892. The molecule has 9 unspecified atom stereocenters. The summed E-state index contributed by atoms with van der Waals surface area (Å²) in [7, 11) is 1.98. The van der Waals surface area contributed by atoms with Gasteiger partial charge in [-0.15, -0.1) is 0 Å². The molecule has 4 aliphatic carbocycles. The smallest absolute Gasteiger partial charge is 0.138 e. The van der Waals surface area contributed by atoms with Crippen molar-refractivity contribution in [2.45, 2.75) is 133 Å². The first-order valence-corrected chi connectivity index (χ1v) is 18.8. The summed E-state index contributed by atoms with van der Waals surface area (Å²) < 4.78 is 1.26. The Morgan fingerprint density at radius 2 is 1.63 bits per heavy atom. The van der Waals surface area contributed by atoms with Gasteiger partial charge in [0.25, 0.3) is 0 Å². The molecule has 0 radical (unpaired) electrons. The summed E-state index contributed by atoms with van der Waals surface area (Å²) in [6.45, 7) is 27.6. The van der Waals surface area contributed by atoms with E-state index in [0.29, 0.717) is 40.8 Å². The van der Waals surface area contributed by atoms with Crippen LogP contribution in [0.4, 0.5) is 0 Å². The van der Waals surface area contributed by atoms with Crippen molar-refractivity contribution in [2.75, 3.05) is 18.0 Å². The van der Waals surface area contributed by atoms with Gasteiger partial charge >= 0.3 is 0 Å². The lowest BCUT2D eigenvalue weighted by Gasteiger charge is -2.68. The molecule has 240 valence electrons. The molecule has 9 atom stereocenters. The maximum Gasteiger partial charge on any atom is 0.138 e. The highest BCUT2D eigenvalue weighted by Crippen LogP contribution is 2.71. The summed E-state index contributed by atoms with van der Waals surface area (Å²) in [6, 6.07) is 0. The van der Waals surface area contributed by atoms with Gasteiger partial charge in [-0.2, -0.15) is 0 Å². The van der Waals surface area contributed by atoms with Gasteiger partial charge in [-0.25, -0.2) is 0 Å². The second-order valence-corrected chi connectivity index (χ2v) is 15.2. The summed E-state index contributed by atoms with van der Waals surface area (Å²) in [5.74, 6) is 4.27. The van der Waals surface area contributed by atoms with E-state index >= 15 is 0 Å². The number of alkyl halides is 1. The minimum absolute atomic E-state index is 0.170. The van der Waals surface area contributed by atoms with Gasteiger partial charge in [0.1, 0.15) is 12.1 Å². The molecule has 4 rings (SSSR count). The van der Waals surface area contributed by atoms with Crippen LogP contribution in [0.1, 0.15) is 133 Å². The fourth-order valence-electron chi connectivity index (χ4n) is 10.4. The molecule has 4 fully saturated rings. The normalized spacial score (nSPS) is 37.5. The number of nitrogens with one attached hydrogen (secondary N) is 1. The number of hydrogen-bond donors (Lipinski definition) is 1. The lowest BCUT2D eigenvalue weighted by molar-refractivity contribution is -0.194. The van der Waals surface area contributed by atoms with Gasteiger partial charge in [0, 0.05) is 22.2 Å². The minimum Gasteiger partial charge on any atom is -0.320 e. The zero-order valence-corrected chi connectivity index (χ0v) is 31.2. The van der Waals surface area contributed by atoms with Crippen molar-refractivity contribution in [3.05, 3.63) is 12.2 Å². The van der Waals surface area contributed by atoms with Gasteiger partial charge in [-0.05, 0) is 125 Å². The maximum absolute atomic E-state index is 12.8. The van der Waals surface area contributed by atoms with Crippen LogP contribution < -0.4 is 5.32 Å². The van der Waals surface area contributed by atoms with Gasteiger partial charge < -0.3 is 10.1 Å². The predicted molar refractivity (Wildman–Crippen MR) is 188 cm³/mol. The van der Waals surface area contributed by atoms with Crippen molar-refractivity contribution < 1.29 is 9.59 Å². The number of aldehydes is 1. The molecule has 4 heteroatoms. The van der Waals surface area contributed by atoms with E-state index < -0.39 is 0 Å². The second-order valence-electron chi connectivity index (χ2n) is 14.1. The monoisotopic (exact) mass is 685 g/mol. The summed E-state index contributed by atoms with van der Waals surface area (Å²) in [5.41, 5.74) is 1.74. The molecule has 0 aliphatic heterocycles. The van der Waals surface area contributed by atoms with Gasteiger partial charge in [0.15, 0.2) is 0 Å². The van der Waals surface area contributed by atoms with Crippen molar-refractivity contribution in [2.24, 2.45) is 57.7 Å². The van der Waals surface area contributed by atoms with Gasteiger partial charge in [0.2, 0.25) is 0 Å². The van der Waals surface area contributed by atoms with Crippen LogP contribution in [0.15, 0.2) is 12.2 Å². The molecule has 0 spiro atoms. The molecule has 4 aliphatic rings. The third-order valence-corrected chi connectivity index (χ3v) is 12.8. The van der Waals surface area contributed by atoms with Crippen molar-refractivity contribution in [3.63, 3.8) is 0 Å². The first-order chi connectivity index (χ1) is 19.4. The molecule has 3 nitrogen and oxygen atoms in total. The van der Waals surface area contributed by atoms with E-state index in [-0.39, 0.29) is 16.7 Å². The van der Waals surface area contributed by atoms with Crippen molar-refractivity contribution in [1.29, 1.82) is 0 Å². The standard InChI is InChI=1S/C29H46O2.C4H10IN.2C2H6/c1-8-20(18(2)3)26-19(17-30)9-11-22-21(26)10-12-24-28(22,6)15-13-23-27(4,5)25(31)14-16-29(23,24)7;1-6-4-2-3-5;2*1-2/h17,19-24,26H,2,8-16H2,1,3-7H3;6H,2-4H2,1H3;2*1-2H3. The SMILES string of the molecule is C=C(C)C(CC)C1C(C=O)CCC2C1CCC1C2(C)CCC2C(C)(C)C(=O)CCC21C.CC.CC.CNCCCI. The zero-order chi connectivity index (χ0) is 31.6. The highest BCUT2D eigenvalue weighted by atomic mass is 127. The van der Waals surface area contributed by atoms with E-state index in [1.54, 1.807) is 0 Å². The number of hydrogen-bond acceptors (Lipinski definition) is 3. The van der Waals surface area contributed by atoms with Crippen molar-refractivity contribution in [1.82, 2.24) is 5.32 Å². The largest absolute Gasteiger partial charge is 0.320 e. The summed E-state index contributed by atoms with van der Waals surface area (Å²) in [5, 5.41) is 3.06. The van der Waals surface area contributed by atoms with Crippen LogP contribution in [-0.2, 0) is 9.59 Å². The van der Waals surface area contributed by atoms with Crippen LogP contribution in [-0.4, -0.2) is 30.1 Å². The molecule has 0 aromatic carbocycles. The Morgan fingerprint density at radius 3 is 2.12 bits per heavy atom. The molecule has 4 saturated carbocycles. The van der Waals surface area contributed by atoms with Crippen LogP contribution in [0.3, 0.4) is 0 Å². The average Bonchev–Trinajstić information content (AvgIpc) is 2.96. The number of carbonyl (C=O) groups excluding carboxylic acids is 2. The number of allylic oxidation sites excluding steroid dienone is 1. The van der Waals surface area contributed by atoms with Crippen LogP contribution in [0, 0.1) is 57.7 Å². The Labute approximate surface area is 269 Å². The van der Waals surface area contributed by atoms with Gasteiger partial charge in [-0.3, -0.25) is 4.79 Å². The summed E-state index contributed by atoms with van der Waals surface area (Å²) in [6.07, 6.45) is 12.8. The summed E-state index contributed by atoms with van der Waals surface area (Å²) >= 11 is 2.37. The lowest BCUT2D eigenvalue weighted by Crippen LogP contribution is -2.62. The molecule has 0 heterocycles. The van der Waals surface area contributed by atoms with Gasteiger partial charge in [-0.1, -0.05) is 97.1 Å². The van der Waals surface area contributed by atoms with Gasteiger partial charge in [0.05, 0.1) is 0 Å². The number of rotatable bonds is 7. The first-order valence-electron chi connectivity index (χ1n) is 17.3. The van der Waals surface area contributed by atoms with E-state index in [0.717, 1.165) is 38.1 Å². The van der Waals surface area contributed by atoms with E-state index in [2.05, 4.69) is 76.0 Å². The molecule has 1 N–H and O–H groups in total. The third kappa shape index (κ3) is 7.90. The number of fused-ring (bicyclic) bond motifs is 5. The third-order valence-electron chi connectivity index (χ3n) is 12.1. The van der Waals surface area contributed by atoms with E-state index in [1.807, 2.05) is 34.7 Å². The molecule has 0 aromatic heterocycles. The maximum atomic E-state index is 12.8. The Morgan fingerprint density at radius 1 is 1.00 bits per heavy atom. The van der Waals surface area contributed by atoms with Crippen LogP contribution in [0.2, 0.25) is 0 Å².